The smallest absolute Gasteiger partial charge is 0.191 e. The molecule has 1 aliphatic heterocycles. The van der Waals surface area contributed by atoms with Gasteiger partial charge < -0.3 is 15.4 Å². The zero-order valence-electron chi connectivity index (χ0n) is 16.3. The van der Waals surface area contributed by atoms with Crippen LogP contribution in [0.1, 0.15) is 32.3 Å². The largest absolute Gasteiger partial charge is 0.379 e. The molecule has 0 aromatic heterocycles. The number of nitrogens with one attached hydrogen (secondary N) is 2. The van der Waals surface area contributed by atoms with Crippen molar-refractivity contribution >= 4 is 29.9 Å². The Bertz CT molecular complexity index is 618. The lowest BCUT2D eigenvalue weighted by Crippen LogP contribution is -2.49. The van der Waals surface area contributed by atoms with Gasteiger partial charge in [0.15, 0.2) is 5.96 Å². The lowest BCUT2D eigenvalue weighted by atomic mass is 9.96. The van der Waals surface area contributed by atoms with Crippen molar-refractivity contribution in [2.24, 2.45) is 4.99 Å². The molecule has 7 heteroatoms. The average Bonchev–Trinajstić information content (AvgIpc) is 3.46. The van der Waals surface area contributed by atoms with E-state index in [2.05, 4.69) is 29.4 Å². The standard InChI is InChI=1S/C20H31FN4O.HI/c1-3-22-19(23-14-16(2)25-9-11-26-12-10-25)24-15-20(7-8-20)17-5-4-6-18(21)13-17;/h4-6,13,16H,3,7-12,14-15H2,1-2H3,(H2,22,23,24);1H. The van der Waals surface area contributed by atoms with Crippen LogP contribution in [0.5, 0.6) is 0 Å². The fraction of sp³-hybridized carbons (Fsp3) is 0.650. The first-order valence-electron chi connectivity index (χ1n) is 9.73. The Morgan fingerprint density at radius 1 is 1.30 bits per heavy atom. The topological polar surface area (TPSA) is 48.9 Å². The summed E-state index contributed by atoms with van der Waals surface area (Å²) in [5.41, 5.74) is 1.08. The SMILES string of the molecule is CCNC(=NCC1(c2cccc(F)c2)CC1)NCC(C)N1CCOCC1.I. The number of aliphatic imine (C=N–C) groups is 1. The lowest BCUT2D eigenvalue weighted by molar-refractivity contribution is 0.0211. The van der Waals surface area contributed by atoms with E-state index < -0.39 is 0 Å². The van der Waals surface area contributed by atoms with Crippen molar-refractivity contribution < 1.29 is 9.13 Å². The Hall–Kier alpha value is -0.930. The third kappa shape index (κ3) is 6.29. The van der Waals surface area contributed by atoms with Gasteiger partial charge in [0.1, 0.15) is 5.82 Å². The molecule has 1 heterocycles. The molecule has 0 radical (unpaired) electrons. The minimum absolute atomic E-state index is 0. The maximum atomic E-state index is 13.6. The fourth-order valence-electron chi connectivity index (χ4n) is 3.47. The van der Waals surface area contributed by atoms with Gasteiger partial charge in [0.05, 0.1) is 19.8 Å². The maximum absolute atomic E-state index is 13.6. The molecule has 1 saturated heterocycles. The third-order valence-electron chi connectivity index (χ3n) is 5.41. The second-order valence-corrected chi connectivity index (χ2v) is 7.36. The van der Waals surface area contributed by atoms with E-state index in [1.54, 1.807) is 12.1 Å². The van der Waals surface area contributed by atoms with Crippen molar-refractivity contribution in [1.82, 2.24) is 15.5 Å². The minimum atomic E-state index is -0.165. The van der Waals surface area contributed by atoms with Gasteiger partial charge in [-0.05, 0) is 44.4 Å². The normalized spacial score (nSPS) is 20.5. The number of benzene rings is 1. The van der Waals surface area contributed by atoms with Gasteiger partial charge in [-0.15, -0.1) is 24.0 Å². The third-order valence-corrected chi connectivity index (χ3v) is 5.41. The van der Waals surface area contributed by atoms with E-state index in [0.29, 0.717) is 12.6 Å². The summed E-state index contributed by atoms with van der Waals surface area (Å²) in [6.07, 6.45) is 2.15. The van der Waals surface area contributed by atoms with Gasteiger partial charge in [0.25, 0.3) is 0 Å². The zero-order chi connectivity index (χ0) is 18.4. The van der Waals surface area contributed by atoms with E-state index in [0.717, 1.165) is 63.8 Å². The highest BCUT2D eigenvalue weighted by molar-refractivity contribution is 14.0. The van der Waals surface area contributed by atoms with E-state index in [1.807, 2.05) is 6.07 Å². The van der Waals surface area contributed by atoms with Gasteiger partial charge in [-0.1, -0.05) is 12.1 Å². The molecule has 1 atom stereocenters. The molecule has 2 N–H and O–H groups in total. The molecule has 1 aromatic rings. The predicted molar refractivity (Wildman–Crippen MR) is 119 cm³/mol. The lowest BCUT2D eigenvalue weighted by Gasteiger charge is -2.32. The molecular weight excluding hydrogens is 458 g/mol. The first-order chi connectivity index (χ1) is 12.6. The Labute approximate surface area is 179 Å². The van der Waals surface area contributed by atoms with Crippen molar-refractivity contribution in [3.8, 4) is 0 Å². The van der Waals surface area contributed by atoms with Crippen LogP contribution in [0, 0.1) is 5.82 Å². The van der Waals surface area contributed by atoms with Crippen LogP contribution in [-0.2, 0) is 10.2 Å². The van der Waals surface area contributed by atoms with E-state index in [9.17, 15) is 4.39 Å². The molecule has 27 heavy (non-hydrogen) atoms. The highest BCUT2D eigenvalue weighted by Crippen LogP contribution is 2.48. The quantitative estimate of drug-likeness (QED) is 0.351. The molecule has 1 aliphatic carbocycles. The van der Waals surface area contributed by atoms with E-state index in [1.165, 1.54) is 6.07 Å². The molecular formula is C20H32FIN4O. The molecule has 0 spiro atoms. The number of halogens is 2. The van der Waals surface area contributed by atoms with Crippen molar-refractivity contribution in [3.63, 3.8) is 0 Å². The fourth-order valence-corrected chi connectivity index (χ4v) is 3.47. The van der Waals surface area contributed by atoms with Gasteiger partial charge >= 0.3 is 0 Å². The maximum Gasteiger partial charge on any atom is 0.191 e. The summed E-state index contributed by atoms with van der Waals surface area (Å²) in [7, 11) is 0. The summed E-state index contributed by atoms with van der Waals surface area (Å²) in [4.78, 5) is 7.24. The van der Waals surface area contributed by atoms with E-state index in [4.69, 9.17) is 9.73 Å². The number of morpholine rings is 1. The highest BCUT2D eigenvalue weighted by atomic mass is 127. The second kappa shape index (κ2) is 10.6. The molecule has 0 bridgehead atoms. The van der Waals surface area contributed by atoms with Crippen molar-refractivity contribution in [2.45, 2.75) is 38.1 Å². The monoisotopic (exact) mass is 490 g/mol. The summed E-state index contributed by atoms with van der Waals surface area (Å²) >= 11 is 0. The van der Waals surface area contributed by atoms with E-state index >= 15 is 0 Å². The number of hydrogen-bond acceptors (Lipinski definition) is 3. The molecule has 152 valence electrons. The van der Waals surface area contributed by atoms with Crippen molar-refractivity contribution in [1.29, 1.82) is 0 Å². The van der Waals surface area contributed by atoms with Crippen LogP contribution in [0.4, 0.5) is 4.39 Å². The van der Waals surface area contributed by atoms with Crippen LogP contribution in [0.25, 0.3) is 0 Å². The first-order valence-corrected chi connectivity index (χ1v) is 9.73. The number of rotatable bonds is 7. The zero-order valence-corrected chi connectivity index (χ0v) is 18.7. The molecule has 3 rings (SSSR count). The van der Waals surface area contributed by atoms with Crippen molar-refractivity contribution in [2.75, 3.05) is 45.9 Å². The average molecular weight is 490 g/mol. The number of guanidine groups is 1. The minimum Gasteiger partial charge on any atom is -0.379 e. The van der Waals surface area contributed by atoms with Gasteiger partial charge in [-0.2, -0.15) is 0 Å². The summed E-state index contributed by atoms with van der Waals surface area (Å²) < 4.78 is 19.0. The van der Waals surface area contributed by atoms with Crippen LogP contribution in [0.3, 0.4) is 0 Å². The molecule has 1 unspecified atom stereocenters. The van der Waals surface area contributed by atoms with Gasteiger partial charge in [0.2, 0.25) is 0 Å². The molecule has 1 aromatic carbocycles. The van der Waals surface area contributed by atoms with Gasteiger partial charge in [-0.25, -0.2) is 4.39 Å². The number of hydrogen-bond donors (Lipinski definition) is 2. The summed E-state index contributed by atoms with van der Waals surface area (Å²) in [5, 5.41) is 6.79. The summed E-state index contributed by atoms with van der Waals surface area (Å²) in [6, 6.07) is 7.40. The molecule has 0 amide bonds. The van der Waals surface area contributed by atoms with Crippen LogP contribution in [-0.4, -0.2) is 62.8 Å². The molecule has 1 saturated carbocycles. The van der Waals surface area contributed by atoms with Gasteiger partial charge in [-0.3, -0.25) is 9.89 Å². The number of ether oxygens (including phenoxy) is 1. The Morgan fingerprint density at radius 2 is 2.04 bits per heavy atom. The molecule has 5 nitrogen and oxygen atoms in total. The highest BCUT2D eigenvalue weighted by Gasteiger charge is 2.44. The Balaban J connectivity index is 0.00000261. The predicted octanol–water partition coefficient (Wildman–Crippen LogP) is 2.75. The van der Waals surface area contributed by atoms with Gasteiger partial charge in [0, 0.05) is 37.6 Å². The van der Waals surface area contributed by atoms with E-state index in [-0.39, 0.29) is 35.2 Å². The number of nitrogens with zero attached hydrogens (tertiary/aromatic N) is 2. The van der Waals surface area contributed by atoms with Crippen LogP contribution in [0.15, 0.2) is 29.3 Å². The Morgan fingerprint density at radius 3 is 2.67 bits per heavy atom. The first kappa shape index (κ1) is 22.4. The second-order valence-electron chi connectivity index (χ2n) is 7.36. The van der Waals surface area contributed by atoms with Crippen LogP contribution in [0.2, 0.25) is 0 Å². The van der Waals surface area contributed by atoms with Crippen LogP contribution >= 0.6 is 24.0 Å². The summed E-state index contributed by atoms with van der Waals surface area (Å²) in [5.74, 6) is 0.678. The molecule has 2 fully saturated rings. The summed E-state index contributed by atoms with van der Waals surface area (Å²) in [6.45, 7) is 10.3. The molecule has 2 aliphatic rings. The van der Waals surface area contributed by atoms with Crippen LogP contribution < -0.4 is 10.6 Å². The Kier molecular flexibility index (Phi) is 8.75. The van der Waals surface area contributed by atoms with Crippen molar-refractivity contribution in [3.05, 3.63) is 35.6 Å².